The molecule has 1 saturated heterocycles. The molecule has 26 heavy (non-hydrogen) atoms. The molecule has 0 spiro atoms. The molecule has 1 aliphatic rings. The van der Waals surface area contributed by atoms with Crippen molar-refractivity contribution in [2.45, 2.75) is 58.3 Å². The zero-order valence-electron chi connectivity index (χ0n) is 14.6. The van der Waals surface area contributed by atoms with E-state index in [1.54, 1.807) is 0 Å². The molecule has 1 aliphatic heterocycles. The molecule has 0 N–H and O–H groups in total. The van der Waals surface area contributed by atoms with Gasteiger partial charge in [0.15, 0.2) is 12.2 Å². The second-order valence-corrected chi connectivity index (χ2v) is 5.30. The Balaban J connectivity index is 3.28. The molecule has 12 nitrogen and oxygen atoms in total. The Bertz CT molecular complexity index is 617. The molecule has 0 aromatic rings. The van der Waals surface area contributed by atoms with Crippen LogP contribution < -0.4 is 0 Å². The molecule has 1 heterocycles. The van der Waals surface area contributed by atoms with Crippen LogP contribution in [0.1, 0.15) is 27.7 Å². The summed E-state index contributed by atoms with van der Waals surface area (Å²) >= 11 is 0. The van der Waals surface area contributed by atoms with Crippen LogP contribution in [0.3, 0.4) is 0 Å². The first kappa shape index (κ1) is 21.2. The monoisotopic (exact) mass is 373 g/mol. The van der Waals surface area contributed by atoms with E-state index in [9.17, 15) is 19.2 Å². The van der Waals surface area contributed by atoms with Crippen molar-refractivity contribution in [3.63, 3.8) is 0 Å². The average molecular weight is 373 g/mol. The third kappa shape index (κ3) is 6.22. The fraction of sp³-hybridized carbons (Fsp3) is 0.714. The second kappa shape index (κ2) is 9.59. The van der Waals surface area contributed by atoms with E-state index in [1.807, 2.05) is 0 Å². The number of ether oxygens (including phenoxy) is 5. The van der Waals surface area contributed by atoms with Gasteiger partial charge in [-0.2, -0.15) is 0 Å². The molecule has 0 radical (unpaired) electrons. The second-order valence-electron chi connectivity index (χ2n) is 5.30. The molecule has 5 atom stereocenters. The lowest BCUT2D eigenvalue weighted by molar-refractivity contribution is -0.267. The maximum Gasteiger partial charge on any atom is 0.304 e. The SMILES string of the molecule is CC(=O)OC[C@@H]1O[C@H](OC(C)=O)[C@H](N=[N+]=[N-])[C@@H](OC(C)=O)[C@H]1OC(C)=O. The van der Waals surface area contributed by atoms with Gasteiger partial charge in [-0.1, -0.05) is 5.11 Å². The number of esters is 4. The molecule has 0 aromatic heterocycles. The van der Waals surface area contributed by atoms with E-state index < -0.39 is 54.5 Å². The number of nitrogens with zero attached hydrogens (tertiary/aromatic N) is 3. The summed E-state index contributed by atoms with van der Waals surface area (Å²) in [6.07, 6.45) is -5.18. The van der Waals surface area contributed by atoms with E-state index in [2.05, 4.69) is 10.0 Å². The number of azide groups is 1. The number of carbonyl (C=O) groups is 4. The van der Waals surface area contributed by atoms with Crippen LogP contribution >= 0.6 is 0 Å². The van der Waals surface area contributed by atoms with Gasteiger partial charge in [0.1, 0.15) is 18.8 Å². The Kier molecular flexibility index (Phi) is 7.81. The van der Waals surface area contributed by atoms with Crippen LogP contribution in [0, 0.1) is 0 Å². The Hall–Kier alpha value is -2.85. The summed E-state index contributed by atoms with van der Waals surface area (Å²) in [5.74, 6) is -2.90. The Labute approximate surface area is 148 Å². The maximum atomic E-state index is 11.5. The van der Waals surface area contributed by atoms with Crippen molar-refractivity contribution in [2.75, 3.05) is 6.61 Å². The lowest BCUT2D eigenvalue weighted by Gasteiger charge is -2.42. The Morgan fingerprint density at radius 1 is 0.923 bits per heavy atom. The summed E-state index contributed by atoms with van der Waals surface area (Å²) < 4.78 is 25.5. The van der Waals surface area contributed by atoms with Crippen molar-refractivity contribution < 1.29 is 42.9 Å². The fourth-order valence-electron chi connectivity index (χ4n) is 2.33. The maximum absolute atomic E-state index is 11.5. The standard InChI is InChI=1S/C14H19N3O9/c1-6(18)22-5-10-12(23-7(2)19)13(24-8(3)20)11(16-17-15)14(26-10)25-9(4)21/h10-14H,5H2,1-4H3/t10-,11+,12-,13+,14-/m0/s1. The Morgan fingerprint density at radius 2 is 1.46 bits per heavy atom. The smallest absolute Gasteiger partial charge is 0.304 e. The summed E-state index contributed by atoms with van der Waals surface area (Å²) in [5.41, 5.74) is 8.78. The highest BCUT2D eigenvalue weighted by molar-refractivity contribution is 5.68. The molecule has 12 heteroatoms. The highest BCUT2D eigenvalue weighted by Gasteiger charge is 2.51. The number of rotatable bonds is 6. The van der Waals surface area contributed by atoms with Gasteiger partial charge in [0.2, 0.25) is 6.29 Å². The molecule has 0 aliphatic carbocycles. The van der Waals surface area contributed by atoms with E-state index >= 15 is 0 Å². The van der Waals surface area contributed by atoms with Crippen molar-refractivity contribution in [3.05, 3.63) is 10.4 Å². The summed E-state index contributed by atoms with van der Waals surface area (Å²) in [6, 6.07) is -1.33. The van der Waals surface area contributed by atoms with E-state index in [0.29, 0.717) is 0 Å². The van der Waals surface area contributed by atoms with Crippen molar-refractivity contribution in [1.82, 2.24) is 0 Å². The van der Waals surface area contributed by atoms with Crippen molar-refractivity contribution >= 4 is 23.9 Å². The molecular formula is C14H19N3O9. The first-order valence-electron chi connectivity index (χ1n) is 7.50. The molecule has 1 rings (SSSR count). The van der Waals surface area contributed by atoms with Crippen LogP contribution in [0.4, 0.5) is 0 Å². The van der Waals surface area contributed by atoms with Gasteiger partial charge in [0.25, 0.3) is 0 Å². The van der Waals surface area contributed by atoms with Crippen molar-refractivity contribution in [2.24, 2.45) is 5.11 Å². The van der Waals surface area contributed by atoms with Gasteiger partial charge in [-0.3, -0.25) is 19.2 Å². The molecule has 1 fully saturated rings. The van der Waals surface area contributed by atoms with Gasteiger partial charge < -0.3 is 23.7 Å². The fourth-order valence-corrected chi connectivity index (χ4v) is 2.33. The largest absolute Gasteiger partial charge is 0.463 e. The first-order valence-corrected chi connectivity index (χ1v) is 7.50. The van der Waals surface area contributed by atoms with Gasteiger partial charge >= 0.3 is 23.9 Å². The van der Waals surface area contributed by atoms with Crippen LogP contribution in [-0.4, -0.2) is 61.1 Å². The predicted octanol–water partition coefficient (Wildman–Crippen LogP) is 0.380. The van der Waals surface area contributed by atoms with Crippen LogP contribution in [0.2, 0.25) is 0 Å². The molecular weight excluding hydrogens is 354 g/mol. The van der Waals surface area contributed by atoms with Crippen LogP contribution in [-0.2, 0) is 42.9 Å². The first-order chi connectivity index (χ1) is 12.1. The van der Waals surface area contributed by atoms with E-state index in [-0.39, 0.29) is 6.61 Å². The summed E-state index contributed by atoms with van der Waals surface area (Å²) in [5, 5.41) is 3.44. The zero-order valence-corrected chi connectivity index (χ0v) is 14.6. The van der Waals surface area contributed by atoms with Gasteiger partial charge in [-0.15, -0.1) is 0 Å². The summed E-state index contributed by atoms with van der Waals surface area (Å²) in [7, 11) is 0. The lowest BCUT2D eigenvalue weighted by Crippen LogP contribution is -2.61. The highest BCUT2D eigenvalue weighted by atomic mass is 16.7. The zero-order chi connectivity index (χ0) is 19.9. The van der Waals surface area contributed by atoms with Gasteiger partial charge in [0, 0.05) is 32.6 Å². The minimum Gasteiger partial charge on any atom is -0.463 e. The number of carbonyl (C=O) groups excluding carboxylic acids is 4. The molecule has 0 bridgehead atoms. The van der Waals surface area contributed by atoms with Gasteiger partial charge in [-0.25, -0.2) is 0 Å². The van der Waals surface area contributed by atoms with Gasteiger partial charge in [0.05, 0.1) is 0 Å². The quantitative estimate of drug-likeness (QED) is 0.210. The average Bonchev–Trinajstić information content (AvgIpc) is 2.49. The van der Waals surface area contributed by atoms with Crippen LogP contribution in [0.15, 0.2) is 5.11 Å². The van der Waals surface area contributed by atoms with E-state index in [0.717, 1.165) is 27.7 Å². The normalized spacial score (nSPS) is 27.5. The minimum absolute atomic E-state index is 0.383. The molecule has 0 amide bonds. The summed E-state index contributed by atoms with van der Waals surface area (Å²) in [6.45, 7) is 4.06. The minimum atomic E-state index is -1.44. The predicted molar refractivity (Wildman–Crippen MR) is 81.1 cm³/mol. The van der Waals surface area contributed by atoms with Gasteiger partial charge in [-0.05, 0) is 5.53 Å². The van der Waals surface area contributed by atoms with Crippen LogP contribution in [0.5, 0.6) is 0 Å². The van der Waals surface area contributed by atoms with Crippen molar-refractivity contribution in [3.8, 4) is 0 Å². The molecule has 0 unspecified atom stereocenters. The lowest BCUT2D eigenvalue weighted by atomic mass is 9.97. The van der Waals surface area contributed by atoms with Crippen molar-refractivity contribution in [1.29, 1.82) is 0 Å². The molecule has 0 aromatic carbocycles. The Morgan fingerprint density at radius 3 is 1.92 bits per heavy atom. The van der Waals surface area contributed by atoms with E-state index in [4.69, 9.17) is 29.2 Å². The number of hydrogen-bond acceptors (Lipinski definition) is 10. The van der Waals surface area contributed by atoms with E-state index in [1.165, 1.54) is 0 Å². The molecule has 0 saturated carbocycles. The topological polar surface area (TPSA) is 163 Å². The molecule has 144 valence electrons. The third-order valence-corrected chi connectivity index (χ3v) is 3.14. The van der Waals surface area contributed by atoms with Crippen LogP contribution in [0.25, 0.3) is 10.4 Å². The summed E-state index contributed by atoms with van der Waals surface area (Å²) in [4.78, 5) is 47.9. The highest BCUT2D eigenvalue weighted by Crippen LogP contribution is 2.29. The number of hydrogen-bond donors (Lipinski definition) is 0. The third-order valence-electron chi connectivity index (χ3n) is 3.14.